The molecule has 1 atom stereocenters. The first-order valence-electron chi connectivity index (χ1n) is 8.37. The summed E-state index contributed by atoms with van der Waals surface area (Å²) in [5.74, 6) is 1.16. The van der Waals surface area contributed by atoms with Crippen LogP contribution in [-0.4, -0.2) is 33.8 Å². The van der Waals surface area contributed by atoms with Gasteiger partial charge in [-0.15, -0.1) is 0 Å². The number of rotatable bonds is 8. The number of nitrogens with zero attached hydrogens (tertiary/aromatic N) is 2. The SMILES string of the molecule is CCCC(CCO)CNC(=O)Nc1cccc(-c2nccn2C)c1. The van der Waals surface area contributed by atoms with Gasteiger partial charge in [-0.3, -0.25) is 0 Å². The number of carbonyl (C=O) groups is 1. The molecule has 3 N–H and O–H groups in total. The number of benzene rings is 1. The van der Waals surface area contributed by atoms with Crippen molar-refractivity contribution < 1.29 is 9.90 Å². The maximum Gasteiger partial charge on any atom is 0.319 e. The van der Waals surface area contributed by atoms with Crippen LogP contribution in [0.2, 0.25) is 0 Å². The number of urea groups is 1. The Morgan fingerprint density at radius 1 is 1.38 bits per heavy atom. The van der Waals surface area contributed by atoms with Gasteiger partial charge in [0, 0.05) is 43.8 Å². The molecule has 1 aromatic heterocycles. The molecule has 0 fully saturated rings. The molecule has 6 heteroatoms. The van der Waals surface area contributed by atoms with Crippen LogP contribution in [0.5, 0.6) is 0 Å². The highest BCUT2D eigenvalue weighted by molar-refractivity contribution is 5.89. The lowest BCUT2D eigenvalue weighted by Gasteiger charge is -2.16. The minimum absolute atomic E-state index is 0.152. The van der Waals surface area contributed by atoms with E-state index in [0.717, 1.165) is 29.9 Å². The molecule has 2 rings (SSSR count). The number of anilines is 1. The maximum absolute atomic E-state index is 12.1. The molecule has 0 aliphatic carbocycles. The molecule has 24 heavy (non-hydrogen) atoms. The molecule has 0 aliphatic rings. The number of carbonyl (C=O) groups excluding carboxylic acids is 1. The Morgan fingerprint density at radius 3 is 2.88 bits per heavy atom. The third-order valence-corrected chi connectivity index (χ3v) is 3.99. The van der Waals surface area contributed by atoms with Crippen LogP contribution in [0.1, 0.15) is 26.2 Å². The Morgan fingerprint density at radius 2 is 2.21 bits per heavy atom. The van der Waals surface area contributed by atoms with Crippen LogP contribution in [-0.2, 0) is 7.05 Å². The van der Waals surface area contributed by atoms with Crippen molar-refractivity contribution in [3.8, 4) is 11.4 Å². The lowest BCUT2D eigenvalue weighted by Crippen LogP contribution is -2.33. The predicted molar refractivity (Wildman–Crippen MR) is 95.8 cm³/mol. The van der Waals surface area contributed by atoms with Gasteiger partial charge in [-0.25, -0.2) is 9.78 Å². The van der Waals surface area contributed by atoms with Gasteiger partial charge < -0.3 is 20.3 Å². The van der Waals surface area contributed by atoms with E-state index in [1.807, 2.05) is 42.1 Å². The van der Waals surface area contributed by atoms with Gasteiger partial charge in [0.2, 0.25) is 0 Å². The number of aliphatic hydroxyl groups excluding tert-OH is 1. The van der Waals surface area contributed by atoms with Crippen molar-refractivity contribution in [2.75, 3.05) is 18.5 Å². The summed E-state index contributed by atoms with van der Waals surface area (Å²) in [5, 5.41) is 14.8. The van der Waals surface area contributed by atoms with Crippen LogP contribution in [0.3, 0.4) is 0 Å². The summed E-state index contributed by atoms with van der Waals surface area (Å²) in [6, 6.07) is 7.38. The number of aryl methyl sites for hydroxylation is 1. The van der Waals surface area contributed by atoms with Crippen molar-refractivity contribution in [3.05, 3.63) is 36.7 Å². The van der Waals surface area contributed by atoms with Crippen LogP contribution < -0.4 is 10.6 Å². The van der Waals surface area contributed by atoms with E-state index in [1.54, 1.807) is 6.20 Å². The Kier molecular flexibility index (Phi) is 6.81. The summed E-state index contributed by atoms with van der Waals surface area (Å²) in [7, 11) is 1.93. The summed E-state index contributed by atoms with van der Waals surface area (Å²) < 4.78 is 1.93. The lowest BCUT2D eigenvalue weighted by atomic mass is 10.0. The van der Waals surface area contributed by atoms with Gasteiger partial charge in [-0.2, -0.15) is 0 Å². The molecule has 0 spiro atoms. The third kappa shape index (κ3) is 5.09. The third-order valence-electron chi connectivity index (χ3n) is 3.99. The second-order valence-electron chi connectivity index (χ2n) is 5.94. The summed E-state index contributed by atoms with van der Waals surface area (Å²) in [5.41, 5.74) is 1.67. The summed E-state index contributed by atoms with van der Waals surface area (Å²) in [4.78, 5) is 16.4. The van der Waals surface area contributed by atoms with Gasteiger partial charge in [0.25, 0.3) is 0 Å². The Hall–Kier alpha value is -2.34. The molecule has 0 bridgehead atoms. The molecule has 2 amide bonds. The maximum atomic E-state index is 12.1. The molecule has 130 valence electrons. The standard InChI is InChI=1S/C18H26N4O2/c1-3-5-14(8-11-23)13-20-18(24)21-16-7-4-6-15(12-16)17-19-9-10-22(17)2/h4,6-7,9-10,12,14,23H,3,5,8,11,13H2,1-2H3,(H2,20,21,24). The van der Waals surface area contributed by atoms with Crippen molar-refractivity contribution in [3.63, 3.8) is 0 Å². The molecular formula is C18H26N4O2. The number of aromatic nitrogens is 2. The van der Waals surface area contributed by atoms with Gasteiger partial charge in [0.05, 0.1) is 0 Å². The zero-order valence-electron chi connectivity index (χ0n) is 14.3. The van der Waals surface area contributed by atoms with E-state index in [9.17, 15) is 4.79 Å². The van der Waals surface area contributed by atoms with Crippen LogP contribution >= 0.6 is 0 Å². The smallest absolute Gasteiger partial charge is 0.319 e. The number of nitrogens with one attached hydrogen (secondary N) is 2. The molecule has 0 aliphatic heterocycles. The normalized spacial score (nSPS) is 12.0. The number of hydrogen-bond donors (Lipinski definition) is 3. The average Bonchev–Trinajstić information content (AvgIpc) is 2.99. The molecule has 0 radical (unpaired) electrons. The van der Waals surface area contributed by atoms with Crippen molar-refractivity contribution in [1.29, 1.82) is 0 Å². The van der Waals surface area contributed by atoms with Crippen LogP contribution in [0, 0.1) is 5.92 Å². The largest absolute Gasteiger partial charge is 0.396 e. The first-order valence-corrected chi connectivity index (χ1v) is 8.37. The fourth-order valence-corrected chi connectivity index (χ4v) is 2.73. The molecule has 6 nitrogen and oxygen atoms in total. The molecule has 0 saturated carbocycles. The number of imidazole rings is 1. The van der Waals surface area contributed by atoms with E-state index in [2.05, 4.69) is 22.5 Å². The van der Waals surface area contributed by atoms with Crippen LogP contribution in [0.4, 0.5) is 10.5 Å². The van der Waals surface area contributed by atoms with E-state index in [0.29, 0.717) is 18.9 Å². The van der Waals surface area contributed by atoms with Gasteiger partial charge in [-0.05, 0) is 30.9 Å². The zero-order valence-corrected chi connectivity index (χ0v) is 14.3. The Balaban J connectivity index is 1.93. The van der Waals surface area contributed by atoms with Crippen molar-refractivity contribution in [2.24, 2.45) is 13.0 Å². The topological polar surface area (TPSA) is 79.2 Å². The van der Waals surface area contributed by atoms with Gasteiger partial charge in [0.15, 0.2) is 0 Å². The quantitative estimate of drug-likeness (QED) is 0.696. The highest BCUT2D eigenvalue weighted by Crippen LogP contribution is 2.20. The first-order chi connectivity index (χ1) is 11.6. The Bertz CT molecular complexity index is 648. The van der Waals surface area contributed by atoms with Crippen molar-refractivity contribution >= 4 is 11.7 Å². The molecule has 2 aromatic rings. The predicted octanol–water partition coefficient (Wildman–Crippen LogP) is 3.01. The number of hydrogen-bond acceptors (Lipinski definition) is 3. The van der Waals surface area contributed by atoms with E-state index in [1.165, 1.54) is 0 Å². The summed E-state index contributed by atoms with van der Waals surface area (Å²) >= 11 is 0. The van der Waals surface area contributed by atoms with Crippen LogP contribution in [0.25, 0.3) is 11.4 Å². The molecular weight excluding hydrogens is 304 g/mol. The minimum Gasteiger partial charge on any atom is -0.396 e. The van der Waals surface area contributed by atoms with Crippen LogP contribution in [0.15, 0.2) is 36.7 Å². The number of amides is 2. The summed E-state index contributed by atoms with van der Waals surface area (Å²) in [6.07, 6.45) is 6.38. The molecule has 1 unspecified atom stereocenters. The fourth-order valence-electron chi connectivity index (χ4n) is 2.73. The van der Waals surface area contributed by atoms with E-state index < -0.39 is 0 Å². The van der Waals surface area contributed by atoms with E-state index in [4.69, 9.17) is 5.11 Å². The van der Waals surface area contributed by atoms with Gasteiger partial charge >= 0.3 is 6.03 Å². The van der Waals surface area contributed by atoms with Crippen molar-refractivity contribution in [1.82, 2.24) is 14.9 Å². The summed E-state index contributed by atoms with van der Waals surface area (Å²) in [6.45, 7) is 2.83. The average molecular weight is 330 g/mol. The lowest BCUT2D eigenvalue weighted by molar-refractivity contribution is 0.237. The molecule has 1 heterocycles. The Labute approximate surface area is 142 Å². The van der Waals surface area contributed by atoms with Gasteiger partial charge in [0.1, 0.15) is 5.82 Å². The second-order valence-corrected chi connectivity index (χ2v) is 5.94. The molecule has 1 aromatic carbocycles. The van der Waals surface area contributed by atoms with E-state index in [-0.39, 0.29) is 12.6 Å². The van der Waals surface area contributed by atoms with E-state index >= 15 is 0 Å². The highest BCUT2D eigenvalue weighted by atomic mass is 16.3. The second kappa shape index (κ2) is 9.08. The zero-order chi connectivity index (χ0) is 17.4. The van der Waals surface area contributed by atoms with Gasteiger partial charge in [-0.1, -0.05) is 25.5 Å². The fraction of sp³-hybridized carbons (Fsp3) is 0.444. The molecule has 0 saturated heterocycles. The van der Waals surface area contributed by atoms with Crippen molar-refractivity contribution in [2.45, 2.75) is 26.2 Å². The highest BCUT2D eigenvalue weighted by Gasteiger charge is 2.10. The number of aliphatic hydroxyl groups is 1. The minimum atomic E-state index is -0.231. The monoisotopic (exact) mass is 330 g/mol. The first kappa shape index (κ1) is 18.0.